The summed E-state index contributed by atoms with van der Waals surface area (Å²) in [5, 5.41) is 5.92. The second-order valence-electron chi connectivity index (χ2n) is 15.5. The second-order valence-corrected chi connectivity index (χ2v) is 17.1. The highest BCUT2D eigenvalue weighted by Gasteiger charge is 2.23. The van der Waals surface area contributed by atoms with Crippen molar-refractivity contribution in [1.29, 1.82) is 0 Å². The lowest BCUT2D eigenvalue weighted by Crippen LogP contribution is -2.29. The summed E-state index contributed by atoms with van der Waals surface area (Å²) in [4.78, 5) is 49.1. The molecule has 10 nitrogen and oxygen atoms in total. The Morgan fingerprint density at radius 2 is 0.833 bits per heavy atom. The van der Waals surface area contributed by atoms with Gasteiger partial charge in [0.25, 0.3) is 0 Å². The van der Waals surface area contributed by atoms with Crippen LogP contribution in [0.25, 0.3) is 0 Å². The number of halogens is 2. The molecule has 0 bridgehead atoms. The summed E-state index contributed by atoms with van der Waals surface area (Å²) in [6, 6.07) is 31.9. The summed E-state index contributed by atoms with van der Waals surface area (Å²) in [5.41, 5.74) is 4.73. The van der Waals surface area contributed by atoms with Gasteiger partial charge in [-0.05, 0) is 91.5 Å². The summed E-state index contributed by atoms with van der Waals surface area (Å²) in [6.07, 6.45) is 0. The summed E-state index contributed by atoms with van der Waals surface area (Å²) in [6.45, 7) is 14.8. The maximum absolute atomic E-state index is 12.7. The molecule has 0 atom stereocenters. The molecule has 2 amide bonds. The Balaban J connectivity index is 1.40. The van der Waals surface area contributed by atoms with Gasteiger partial charge in [-0.2, -0.15) is 0 Å². The number of nitrogens with one attached hydrogen (secondary N) is 2. The van der Waals surface area contributed by atoms with E-state index in [9.17, 15) is 9.59 Å². The highest BCUT2D eigenvalue weighted by Crippen LogP contribution is 2.22. The van der Waals surface area contributed by atoms with Gasteiger partial charge in [-0.1, -0.05) is 90.1 Å². The van der Waals surface area contributed by atoms with E-state index in [1.54, 1.807) is 0 Å². The minimum atomic E-state index is -0.549. The van der Waals surface area contributed by atoms with Gasteiger partial charge in [0.15, 0.2) is 0 Å². The van der Waals surface area contributed by atoms with E-state index in [2.05, 4.69) is 76.6 Å². The Labute approximate surface area is 335 Å². The summed E-state index contributed by atoms with van der Waals surface area (Å²) in [5.74, 6) is 0.831. The first kappa shape index (κ1) is 40.8. The number of aromatic nitrogens is 4. The van der Waals surface area contributed by atoms with E-state index in [-0.39, 0.29) is 11.8 Å². The van der Waals surface area contributed by atoms with Gasteiger partial charge in [-0.15, -0.1) is 0 Å². The average Bonchev–Trinajstić information content (AvgIpc) is 3.08. The zero-order valence-electron chi connectivity index (χ0n) is 31.7. The van der Waals surface area contributed by atoms with E-state index in [4.69, 9.17) is 19.9 Å². The van der Waals surface area contributed by atoms with E-state index in [1.807, 2.05) is 114 Å². The number of benzene rings is 1. The monoisotopic (exact) mass is 854 g/mol. The number of rotatable bonds is 14. The first-order chi connectivity index (χ1) is 25.6. The summed E-state index contributed by atoms with van der Waals surface area (Å²) < 4.78 is 1.60. The normalized spacial score (nSPS) is 11.9. The lowest BCUT2D eigenvalue weighted by Gasteiger charge is -2.24. The molecule has 0 fully saturated rings. The minimum absolute atomic E-state index is 0.0976. The van der Waals surface area contributed by atoms with Crippen LogP contribution in [0.15, 0.2) is 106 Å². The molecule has 5 rings (SSSR count). The number of carbonyl (C=O) groups excluding carboxylic acids is 2. The molecule has 0 aliphatic rings. The SMILES string of the molecule is CC(C)(C)C(=O)Nc1cccc(CN(Cc2cccc(CN(Cc3cccc(Br)n3)Cc3cccc(Br)n3)c2)Cc2cccc(NC(=O)C(C)(C)C)n2)n1. The fourth-order valence-electron chi connectivity index (χ4n) is 5.55. The first-order valence-corrected chi connectivity index (χ1v) is 19.5. The van der Waals surface area contributed by atoms with Gasteiger partial charge in [-0.3, -0.25) is 19.4 Å². The molecule has 1 aromatic carbocycles. The zero-order chi connectivity index (χ0) is 38.9. The summed E-state index contributed by atoms with van der Waals surface area (Å²) >= 11 is 7.04. The molecular formula is C42H48Br2N8O2. The van der Waals surface area contributed by atoms with Crippen molar-refractivity contribution in [1.82, 2.24) is 29.7 Å². The predicted octanol–water partition coefficient (Wildman–Crippen LogP) is 9.17. The number of anilines is 2. The quantitative estimate of drug-likeness (QED) is 0.106. The van der Waals surface area contributed by atoms with Gasteiger partial charge < -0.3 is 10.6 Å². The first-order valence-electron chi connectivity index (χ1n) is 17.9. The molecule has 5 aromatic rings. The molecule has 12 heteroatoms. The number of pyridine rings is 4. The Hall–Kier alpha value is -4.36. The van der Waals surface area contributed by atoms with Crippen LogP contribution < -0.4 is 10.6 Å². The fourth-order valence-corrected chi connectivity index (χ4v) is 6.31. The predicted molar refractivity (Wildman–Crippen MR) is 221 cm³/mol. The second kappa shape index (κ2) is 18.3. The molecule has 4 aromatic heterocycles. The van der Waals surface area contributed by atoms with Crippen molar-refractivity contribution >= 4 is 55.3 Å². The highest BCUT2D eigenvalue weighted by atomic mass is 79.9. The topological polar surface area (TPSA) is 116 Å². The zero-order valence-corrected chi connectivity index (χ0v) is 34.9. The lowest BCUT2D eigenvalue weighted by atomic mass is 9.96. The lowest BCUT2D eigenvalue weighted by molar-refractivity contribution is -0.123. The molecule has 2 N–H and O–H groups in total. The molecule has 0 saturated carbocycles. The van der Waals surface area contributed by atoms with Crippen LogP contribution in [0.5, 0.6) is 0 Å². The molecule has 0 unspecified atom stereocenters. The van der Waals surface area contributed by atoms with E-state index < -0.39 is 10.8 Å². The van der Waals surface area contributed by atoms with E-state index in [0.29, 0.717) is 50.9 Å². The number of carbonyl (C=O) groups is 2. The van der Waals surface area contributed by atoms with Crippen molar-refractivity contribution in [3.63, 3.8) is 0 Å². The van der Waals surface area contributed by atoms with Crippen molar-refractivity contribution < 1.29 is 9.59 Å². The van der Waals surface area contributed by atoms with Gasteiger partial charge in [0.05, 0.1) is 22.8 Å². The Morgan fingerprint density at radius 1 is 0.500 bits per heavy atom. The minimum Gasteiger partial charge on any atom is -0.310 e. The Bertz CT molecular complexity index is 1940. The van der Waals surface area contributed by atoms with Crippen LogP contribution in [0.1, 0.15) is 75.4 Å². The van der Waals surface area contributed by atoms with Gasteiger partial charge in [0.2, 0.25) is 11.8 Å². The van der Waals surface area contributed by atoms with Crippen LogP contribution in [-0.2, 0) is 48.9 Å². The fraction of sp³-hybridized carbons (Fsp3) is 0.333. The van der Waals surface area contributed by atoms with Crippen LogP contribution >= 0.6 is 31.9 Å². The number of nitrogens with zero attached hydrogens (tertiary/aromatic N) is 6. The van der Waals surface area contributed by atoms with Gasteiger partial charge >= 0.3 is 0 Å². The number of hydrogen-bond acceptors (Lipinski definition) is 8. The molecule has 0 aliphatic heterocycles. The third-order valence-corrected chi connectivity index (χ3v) is 9.23. The standard InChI is InChI=1S/C42H48Br2N8O2/c1-41(2,3)39(53)49-37-20-10-16-33(47-37)27-52(28-34-17-11-21-38(48-34)50-40(54)42(4,5)6)24-30-13-7-12-29(22-30)23-51(25-31-14-8-18-35(43)45-31)26-32-15-9-19-36(44)46-32/h7-22H,23-28H2,1-6H3,(H,47,49,53)(H,48,50,54). The van der Waals surface area contributed by atoms with Crippen molar-refractivity contribution in [2.24, 2.45) is 10.8 Å². The van der Waals surface area contributed by atoms with Crippen LogP contribution in [0.4, 0.5) is 11.6 Å². The van der Waals surface area contributed by atoms with Crippen LogP contribution in [0.3, 0.4) is 0 Å². The summed E-state index contributed by atoms with van der Waals surface area (Å²) in [7, 11) is 0. The highest BCUT2D eigenvalue weighted by molar-refractivity contribution is 9.10. The van der Waals surface area contributed by atoms with Gasteiger partial charge in [0.1, 0.15) is 20.8 Å². The molecule has 282 valence electrons. The van der Waals surface area contributed by atoms with Crippen molar-refractivity contribution in [2.45, 2.75) is 80.8 Å². The molecule has 0 radical (unpaired) electrons. The average molecular weight is 857 g/mol. The van der Waals surface area contributed by atoms with Crippen LogP contribution in [0.2, 0.25) is 0 Å². The van der Waals surface area contributed by atoms with Gasteiger partial charge in [0, 0.05) is 50.1 Å². The molecular weight excluding hydrogens is 808 g/mol. The Morgan fingerprint density at radius 3 is 1.19 bits per heavy atom. The molecule has 0 aliphatic carbocycles. The molecule has 4 heterocycles. The maximum Gasteiger partial charge on any atom is 0.230 e. The molecule has 0 spiro atoms. The van der Waals surface area contributed by atoms with Crippen LogP contribution in [0, 0.1) is 10.8 Å². The van der Waals surface area contributed by atoms with Crippen molar-refractivity contribution in [2.75, 3.05) is 10.6 Å². The van der Waals surface area contributed by atoms with E-state index in [1.165, 1.54) is 0 Å². The van der Waals surface area contributed by atoms with E-state index >= 15 is 0 Å². The smallest absolute Gasteiger partial charge is 0.230 e. The number of hydrogen-bond donors (Lipinski definition) is 2. The van der Waals surface area contributed by atoms with E-state index in [0.717, 1.165) is 43.1 Å². The maximum atomic E-state index is 12.7. The van der Waals surface area contributed by atoms with Crippen molar-refractivity contribution in [3.8, 4) is 0 Å². The largest absolute Gasteiger partial charge is 0.310 e. The molecule has 0 saturated heterocycles. The third kappa shape index (κ3) is 12.9. The number of amides is 2. The van der Waals surface area contributed by atoms with Gasteiger partial charge in [-0.25, -0.2) is 19.9 Å². The third-order valence-electron chi connectivity index (χ3n) is 8.35. The molecule has 54 heavy (non-hydrogen) atoms. The van der Waals surface area contributed by atoms with Crippen molar-refractivity contribution in [3.05, 3.63) is 140 Å². The Kier molecular flexibility index (Phi) is 13.8. The van der Waals surface area contributed by atoms with Crippen LogP contribution in [-0.4, -0.2) is 41.6 Å².